The fraction of sp³-hybridized carbons (Fsp3) is 0.167. The molecule has 12 heavy (non-hydrogen) atoms. The Morgan fingerprint density at radius 1 is 1.75 bits per heavy atom. The molecule has 0 amide bonds. The van der Waals surface area contributed by atoms with Crippen molar-refractivity contribution in [3.05, 3.63) is 11.9 Å². The highest BCUT2D eigenvalue weighted by molar-refractivity contribution is 8.00. The quantitative estimate of drug-likeness (QED) is 0.680. The molecule has 0 bridgehead atoms. The van der Waals surface area contributed by atoms with E-state index < -0.39 is 5.97 Å². The number of aromatic carboxylic acids is 1. The van der Waals surface area contributed by atoms with Gasteiger partial charge in [-0.05, 0) is 0 Å². The van der Waals surface area contributed by atoms with Crippen LogP contribution in [0.1, 0.15) is 15.3 Å². The summed E-state index contributed by atoms with van der Waals surface area (Å²) in [6.45, 7) is 0. The van der Waals surface area contributed by atoms with Gasteiger partial charge >= 0.3 is 5.97 Å². The standard InChI is InChI=1S/C6H4N2O3S/c9-4-2-12-6-7-1-3(5(10)11)8(4)6/h1H,2H2,(H,10,11). The zero-order chi connectivity index (χ0) is 8.72. The molecule has 1 N–H and O–H groups in total. The molecule has 0 unspecified atom stereocenters. The number of carboxylic acids is 1. The molecule has 0 aromatic carbocycles. The molecule has 5 nitrogen and oxygen atoms in total. The van der Waals surface area contributed by atoms with Gasteiger partial charge in [0.1, 0.15) is 0 Å². The van der Waals surface area contributed by atoms with E-state index in [0.29, 0.717) is 5.16 Å². The number of carbonyl (C=O) groups is 2. The van der Waals surface area contributed by atoms with Crippen molar-refractivity contribution in [1.29, 1.82) is 0 Å². The predicted molar refractivity (Wildman–Crippen MR) is 40.5 cm³/mol. The lowest BCUT2D eigenvalue weighted by Crippen LogP contribution is -2.14. The molecule has 62 valence electrons. The fourth-order valence-electron chi connectivity index (χ4n) is 1.02. The van der Waals surface area contributed by atoms with Crippen LogP contribution in [-0.4, -0.2) is 32.3 Å². The molecule has 1 aromatic heterocycles. The van der Waals surface area contributed by atoms with Crippen LogP contribution in [0.2, 0.25) is 0 Å². The maximum atomic E-state index is 11.1. The van der Waals surface area contributed by atoms with E-state index in [1.54, 1.807) is 0 Å². The molecular formula is C6H4N2O3S. The van der Waals surface area contributed by atoms with Crippen molar-refractivity contribution < 1.29 is 14.7 Å². The van der Waals surface area contributed by atoms with Crippen LogP contribution in [-0.2, 0) is 0 Å². The van der Waals surface area contributed by atoms with E-state index in [0.717, 1.165) is 4.57 Å². The van der Waals surface area contributed by atoms with Crippen LogP contribution in [0.15, 0.2) is 11.4 Å². The Morgan fingerprint density at radius 2 is 2.50 bits per heavy atom. The Labute approximate surface area is 71.4 Å². The summed E-state index contributed by atoms with van der Waals surface area (Å²) < 4.78 is 1.13. The summed E-state index contributed by atoms with van der Waals surface area (Å²) in [6, 6.07) is 0. The number of aromatic nitrogens is 2. The largest absolute Gasteiger partial charge is 0.477 e. The van der Waals surface area contributed by atoms with Crippen molar-refractivity contribution in [3.63, 3.8) is 0 Å². The van der Waals surface area contributed by atoms with Crippen LogP contribution in [0.4, 0.5) is 0 Å². The average molecular weight is 184 g/mol. The van der Waals surface area contributed by atoms with E-state index in [1.807, 2.05) is 0 Å². The Hall–Kier alpha value is -1.30. The third kappa shape index (κ3) is 0.845. The number of nitrogens with zero attached hydrogens (tertiary/aromatic N) is 2. The van der Waals surface area contributed by atoms with Crippen LogP contribution < -0.4 is 0 Å². The smallest absolute Gasteiger partial charge is 0.354 e. The summed E-state index contributed by atoms with van der Waals surface area (Å²) in [5, 5.41) is 9.10. The minimum atomic E-state index is -1.12. The molecule has 0 fully saturated rings. The Balaban J connectivity index is 2.60. The maximum absolute atomic E-state index is 11.1. The third-order valence-corrected chi connectivity index (χ3v) is 2.46. The highest BCUT2D eigenvalue weighted by atomic mass is 32.2. The monoisotopic (exact) mass is 184 g/mol. The van der Waals surface area contributed by atoms with Crippen LogP contribution >= 0.6 is 11.8 Å². The molecule has 0 radical (unpaired) electrons. The number of hydrogen-bond donors (Lipinski definition) is 1. The van der Waals surface area contributed by atoms with E-state index in [9.17, 15) is 9.59 Å². The van der Waals surface area contributed by atoms with Crippen molar-refractivity contribution >= 4 is 23.6 Å². The number of hydrogen-bond acceptors (Lipinski definition) is 4. The first-order valence-electron chi connectivity index (χ1n) is 3.17. The number of thioether (sulfide) groups is 1. The lowest BCUT2D eigenvalue weighted by atomic mass is 10.4. The Bertz CT molecular complexity index is 371. The third-order valence-electron chi connectivity index (χ3n) is 1.52. The molecule has 0 atom stereocenters. The molecule has 6 heteroatoms. The lowest BCUT2D eigenvalue weighted by Gasteiger charge is -1.94. The van der Waals surface area contributed by atoms with E-state index >= 15 is 0 Å². The minimum absolute atomic E-state index is 0.0556. The summed E-state index contributed by atoms with van der Waals surface area (Å²) in [5.41, 5.74) is -0.0556. The summed E-state index contributed by atoms with van der Waals surface area (Å²) >= 11 is 1.25. The SMILES string of the molecule is O=C(O)c1cnc2n1C(=O)CS2. The second-order valence-corrected chi connectivity index (χ2v) is 3.19. The minimum Gasteiger partial charge on any atom is -0.477 e. The van der Waals surface area contributed by atoms with Crippen molar-refractivity contribution in [2.24, 2.45) is 0 Å². The summed E-state index contributed by atoms with van der Waals surface area (Å²) in [5.74, 6) is -1.06. The van der Waals surface area contributed by atoms with Gasteiger partial charge in [-0.3, -0.25) is 4.79 Å². The second kappa shape index (κ2) is 2.34. The molecule has 1 aromatic rings. The van der Waals surface area contributed by atoms with Gasteiger partial charge in [-0.25, -0.2) is 14.3 Å². The summed E-state index contributed by atoms with van der Waals surface area (Å²) in [7, 11) is 0. The van der Waals surface area contributed by atoms with Crippen LogP contribution in [0.3, 0.4) is 0 Å². The highest BCUT2D eigenvalue weighted by Crippen LogP contribution is 2.25. The normalized spacial score (nSPS) is 14.8. The first-order chi connectivity index (χ1) is 5.70. The maximum Gasteiger partial charge on any atom is 0.354 e. The van der Waals surface area contributed by atoms with Crippen molar-refractivity contribution in [3.8, 4) is 0 Å². The van der Waals surface area contributed by atoms with Crippen molar-refractivity contribution in [1.82, 2.24) is 9.55 Å². The topological polar surface area (TPSA) is 72.2 Å². The van der Waals surface area contributed by atoms with Gasteiger partial charge in [0.05, 0.1) is 11.9 Å². The lowest BCUT2D eigenvalue weighted by molar-refractivity contribution is 0.0674. The summed E-state index contributed by atoms with van der Waals surface area (Å²) in [4.78, 5) is 25.4. The zero-order valence-corrected chi connectivity index (χ0v) is 6.67. The van der Waals surface area contributed by atoms with Crippen molar-refractivity contribution in [2.45, 2.75) is 5.16 Å². The summed E-state index contributed by atoms with van der Waals surface area (Å²) in [6.07, 6.45) is 1.20. The predicted octanol–water partition coefficient (Wildman–Crippen LogP) is 0.327. The van der Waals surface area contributed by atoms with E-state index in [1.165, 1.54) is 18.0 Å². The van der Waals surface area contributed by atoms with Gasteiger partial charge in [-0.2, -0.15) is 0 Å². The van der Waals surface area contributed by atoms with Crippen LogP contribution in [0.25, 0.3) is 0 Å². The van der Waals surface area contributed by atoms with Gasteiger partial charge in [-0.15, -0.1) is 0 Å². The van der Waals surface area contributed by atoms with Gasteiger partial charge in [0.2, 0.25) is 5.91 Å². The van der Waals surface area contributed by atoms with Gasteiger partial charge < -0.3 is 5.11 Å². The molecule has 0 aliphatic carbocycles. The molecule has 2 rings (SSSR count). The molecule has 2 heterocycles. The first-order valence-corrected chi connectivity index (χ1v) is 4.16. The molecular weight excluding hydrogens is 180 g/mol. The number of fused-ring (bicyclic) bond motifs is 1. The van der Waals surface area contributed by atoms with E-state index in [2.05, 4.69) is 4.98 Å². The van der Waals surface area contributed by atoms with Gasteiger partial charge in [0.15, 0.2) is 10.9 Å². The molecule has 1 aliphatic rings. The van der Waals surface area contributed by atoms with Gasteiger partial charge in [0.25, 0.3) is 0 Å². The molecule has 0 saturated carbocycles. The molecule has 0 spiro atoms. The number of imidazole rings is 1. The number of carboxylic acid groups (broad SMARTS) is 1. The fourth-order valence-corrected chi connectivity index (χ4v) is 1.86. The van der Waals surface area contributed by atoms with Crippen molar-refractivity contribution in [2.75, 3.05) is 5.75 Å². The average Bonchev–Trinajstić information content (AvgIpc) is 2.53. The van der Waals surface area contributed by atoms with E-state index in [-0.39, 0.29) is 17.4 Å². The Kier molecular flexibility index (Phi) is 1.44. The van der Waals surface area contributed by atoms with E-state index in [4.69, 9.17) is 5.11 Å². The van der Waals surface area contributed by atoms with Gasteiger partial charge in [-0.1, -0.05) is 11.8 Å². The molecule has 1 aliphatic heterocycles. The highest BCUT2D eigenvalue weighted by Gasteiger charge is 2.26. The zero-order valence-electron chi connectivity index (χ0n) is 5.85. The molecule has 0 saturated heterocycles. The number of carbonyl (C=O) groups excluding carboxylic acids is 1. The van der Waals surface area contributed by atoms with Crippen LogP contribution in [0, 0.1) is 0 Å². The Morgan fingerprint density at radius 3 is 3.17 bits per heavy atom. The van der Waals surface area contributed by atoms with Gasteiger partial charge in [0, 0.05) is 0 Å². The van der Waals surface area contributed by atoms with Crippen LogP contribution in [0.5, 0.6) is 0 Å². The number of rotatable bonds is 1. The first kappa shape index (κ1) is 7.35. The second-order valence-electron chi connectivity index (χ2n) is 2.25.